The fourth-order valence-electron chi connectivity index (χ4n) is 2.37. The lowest BCUT2D eigenvalue weighted by molar-refractivity contribution is 1.14. The molecule has 0 fully saturated rings. The molecule has 2 aromatic carbocycles. The van der Waals surface area contributed by atoms with Crippen LogP contribution in [-0.2, 0) is 6.54 Å². The van der Waals surface area contributed by atoms with Crippen molar-refractivity contribution < 1.29 is 0 Å². The third-order valence-corrected chi connectivity index (χ3v) is 3.76. The summed E-state index contributed by atoms with van der Waals surface area (Å²) in [4.78, 5) is 4.35. The van der Waals surface area contributed by atoms with E-state index in [1.807, 2.05) is 12.3 Å². The van der Waals surface area contributed by atoms with Gasteiger partial charge in [0, 0.05) is 23.8 Å². The van der Waals surface area contributed by atoms with E-state index in [-0.39, 0.29) is 0 Å². The molecule has 0 atom stereocenters. The van der Waals surface area contributed by atoms with Crippen molar-refractivity contribution in [3.63, 3.8) is 0 Å². The van der Waals surface area contributed by atoms with Gasteiger partial charge in [0.15, 0.2) is 0 Å². The minimum atomic E-state index is 0.828. The van der Waals surface area contributed by atoms with Crippen LogP contribution in [0.5, 0.6) is 0 Å². The maximum absolute atomic E-state index is 4.35. The Hall–Kier alpha value is -2.35. The van der Waals surface area contributed by atoms with Crippen LogP contribution in [0.15, 0.2) is 54.7 Å². The molecule has 0 unspecified atom stereocenters. The van der Waals surface area contributed by atoms with Gasteiger partial charge in [0.25, 0.3) is 0 Å². The van der Waals surface area contributed by atoms with Crippen LogP contribution in [0.25, 0.3) is 10.9 Å². The summed E-state index contributed by atoms with van der Waals surface area (Å²) in [5.74, 6) is 0. The number of aryl methyl sites for hydroxylation is 1. The van der Waals surface area contributed by atoms with Crippen LogP contribution >= 0.6 is 0 Å². The van der Waals surface area contributed by atoms with Crippen LogP contribution in [0.4, 0.5) is 5.69 Å². The molecule has 0 saturated carbocycles. The first-order chi connectivity index (χ1) is 9.74. The second-order valence-corrected chi connectivity index (χ2v) is 5.13. The molecule has 1 N–H and O–H groups in total. The summed E-state index contributed by atoms with van der Waals surface area (Å²) in [5.41, 5.74) is 6.15. The highest BCUT2D eigenvalue weighted by atomic mass is 14.9. The lowest BCUT2D eigenvalue weighted by Crippen LogP contribution is -2.01. The third kappa shape index (κ3) is 2.50. The SMILES string of the molecule is Cc1cccc(NCc2ccc3ncccc3c2)c1C. The van der Waals surface area contributed by atoms with Gasteiger partial charge in [-0.05, 0) is 54.8 Å². The first-order valence-corrected chi connectivity index (χ1v) is 6.88. The van der Waals surface area contributed by atoms with Gasteiger partial charge in [0.2, 0.25) is 0 Å². The highest BCUT2D eigenvalue weighted by Gasteiger charge is 2.01. The second kappa shape index (κ2) is 5.33. The van der Waals surface area contributed by atoms with E-state index in [1.165, 1.54) is 27.8 Å². The predicted octanol–water partition coefficient (Wildman–Crippen LogP) is 4.46. The zero-order chi connectivity index (χ0) is 13.9. The molecule has 2 heteroatoms. The lowest BCUT2D eigenvalue weighted by atomic mass is 10.1. The Kier molecular flexibility index (Phi) is 3.38. The Labute approximate surface area is 119 Å². The number of rotatable bonds is 3. The van der Waals surface area contributed by atoms with Gasteiger partial charge in [-0.15, -0.1) is 0 Å². The van der Waals surface area contributed by atoms with Gasteiger partial charge in [0.05, 0.1) is 5.52 Å². The van der Waals surface area contributed by atoms with Gasteiger partial charge in [-0.2, -0.15) is 0 Å². The van der Waals surface area contributed by atoms with E-state index in [0.29, 0.717) is 0 Å². The van der Waals surface area contributed by atoms with Crippen LogP contribution in [0.1, 0.15) is 16.7 Å². The molecule has 0 aliphatic carbocycles. The fraction of sp³-hybridized carbons (Fsp3) is 0.167. The third-order valence-electron chi connectivity index (χ3n) is 3.76. The minimum absolute atomic E-state index is 0.828. The predicted molar refractivity (Wildman–Crippen MR) is 85.0 cm³/mol. The van der Waals surface area contributed by atoms with Crippen LogP contribution in [0, 0.1) is 13.8 Å². The van der Waals surface area contributed by atoms with E-state index >= 15 is 0 Å². The molecule has 3 rings (SSSR count). The summed E-state index contributed by atoms with van der Waals surface area (Å²) < 4.78 is 0. The first-order valence-electron chi connectivity index (χ1n) is 6.88. The van der Waals surface area contributed by atoms with E-state index < -0.39 is 0 Å². The maximum atomic E-state index is 4.35. The summed E-state index contributed by atoms with van der Waals surface area (Å²) in [5, 5.41) is 4.70. The molecule has 20 heavy (non-hydrogen) atoms. The molecule has 0 saturated heterocycles. The van der Waals surface area contributed by atoms with Gasteiger partial charge in [0.1, 0.15) is 0 Å². The van der Waals surface area contributed by atoms with E-state index in [4.69, 9.17) is 0 Å². The first kappa shape index (κ1) is 12.7. The summed E-state index contributed by atoms with van der Waals surface area (Å²) in [6.45, 7) is 5.12. The van der Waals surface area contributed by atoms with Crippen molar-refractivity contribution in [1.82, 2.24) is 4.98 Å². The summed E-state index contributed by atoms with van der Waals surface area (Å²) in [6, 6.07) is 16.8. The quantitative estimate of drug-likeness (QED) is 0.753. The molecule has 100 valence electrons. The normalized spacial score (nSPS) is 10.7. The monoisotopic (exact) mass is 262 g/mol. The Morgan fingerprint density at radius 3 is 2.80 bits per heavy atom. The molecular weight excluding hydrogens is 244 g/mol. The van der Waals surface area contributed by atoms with Crippen molar-refractivity contribution in [3.05, 3.63) is 71.4 Å². The lowest BCUT2D eigenvalue weighted by Gasteiger charge is -2.11. The minimum Gasteiger partial charge on any atom is -0.381 e. The number of nitrogens with one attached hydrogen (secondary N) is 1. The molecule has 3 aromatic rings. The van der Waals surface area contributed by atoms with Crippen LogP contribution < -0.4 is 5.32 Å². The Morgan fingerprint density at radius 2 is 1.90 bits per heavy atom. The average Bonchev–Trinajstić information content (AvgIpc) is 2.48. The molecule has 0 aliphatic rings. The van der Waals surface area contributed by atoms with Crippen molar-refractivity contribution in [2.45, 2.75) is 20.4 Å². The van der Waals surface area contributed by atoms with E-state index in [0.717, 1.165) is 12.1 Å². The molecule has 2 nitrogen and oxygen atoms in total. The zero-order valence-corrected chi connectivity index (χ0v) is 11.9. The number of pyridine rings is 1. The van der Waals surface area contributed by atoms with Crippen LogP contribution in [0.2, 0.25) is 0 Å². The number of aromatic nitrogens is 1. The van der Waals surface area contributed by atoms with Gasteiger partial charge >= 0.3 is 0 Å². The summed E-state index contributed by atoms with van der Waals surface area (Å²) >= 11 is 0. The van der Waals surface area contributed by atoms with Crippen molar-refractivity contribution in [2.24, 2.45) is 0 Å². The van der Waals surface area contributed by atoms with Gasteiger partial charge in [-0.3, -0.25) is 4.98 Å². The van der Waals surface area contributed by atoms with Crippen molar-refractivity contribution >= 4 is 16.6 Å². The molecule has 0 bridgehead atoms. The zero-order valence-electron chi connectivity index (χ0n) is 11.9. The van der Waals surface area contributed by atoms with Crippen LogP contribution in [0.3, 0.4) is 0 Å². The number of fused-ring (bicyclic) bond motifs is 1. The second-order valence-electron chi connectivity index (χ2n) is 5.13. The largest absolute Gasteiger partial charge is 0.381 e. The van der Waals surface area contributed by atoms with Gasteiger partial charge in [-0.1, -0.05) is 24.3 Å². The topological polar surface area (TPSA) is 24.9 Å². The number of anilines is 1. The van der Waals surface area contributed by atoms with Crippen molar-refractivity contribution in [1.29, 1.82) is 0 Å². The Bertz CT molecular complexity index is 747. The molecule has 0 amide bonds. The Morgan fingerprint density at radius 1 is 1.00 bits per heavy atom. The Balaban J connectivity index is 1.81. The number of hydrogen-bond donors (Lipinski definition) is 1. The molecule has 0 spiro atoms. The van der Waals surface area contributed by atoms with E-state index in [1.54, 1.807) is 0 Å². The smallest absolute Gasteiger partial charge is 0.0702 e. The highest BCUT2D eigenvalue weighted by Crippen LogP contribution is 2.20. The van der Waals surface area contributed by atoms with Gasteiger partial charge < -0.3 is 5.32 Å². The van der Waals surface area contributed by atoms with Gasteiger partial charge in [-0.25, -0.2) is 0 Å². The fourth-order valence-corrected chi connectivity index (χ4v) is 2.37. The summed E-state index contributed by atoms with van der Waals surface area (Å²) in [6.07, 6.45) is 1.83. The highest BCUT2D eigenvalue weighted by molar-refractivity contribution is 5.79. The van der Waals surface area contributed by atoms with Crippen molar-refractivity contribution in [2.75, 3.05) is 5.32 Å². The molecule has 0 radical (unpaired) electrons. The van der Waals surface area contributed by atoms with Crippen molar-refractivity contribution in [3.8, 4) is 0 Å². The number of nitrogens with zero attached hydrogens (tertiary/aromatic N) is 1. The number of hydrogen-bond acceptors (Lipinski definition) is 2. The molecule has 1 heterocycles. The molecule has 0 aliphatic heterocycles. The van der Waals surface area contributed by atoms with E-state index in [2.05, 4.69) is 66.6 Å². The molecular formula is C18H18N2. The standard InChI is InChI=1S/C18H18N2/c1-13-5-3-7-17(14(13)2)20-12-15-8-9-18-16(11-15)6-4-10-19-18/h3-11,20H,12H2,1-2H3. The molecule has 1 aromatic heterocycles. The average molecular weight is 262 g/mol. The summed E-state index contributed by atoms with van der Waals surface area (Å²) in [7, 11) is 0. The number of benzene rings is 2. The van der Waals surface area contributed by atoms with Crippen LogP contribution in [-0.4, -0.2) is 4.98 Å². The van der Waals surface area contributed by atoms with E-state index in [9.17, 15) is 0 Å². The maximum Gasteiger partial charge on any atom is 0.0702 e.